The van der Waals surface area contributed by atoms with E-state index in [4.69, 9.17) is 5.11 Å². The molecule has 0 aromatic rings. The SMILES string of the molecule is CC1(CNCC(C)(C)C(=O)O)CCCS1. The molecule has 4 heteroatoms. The van der Waals surface area contributed by atoms with Gasteiger partial charge in [0.2, 0.25) is 0 Å². The average Bonchev–Trinajstić information content (AvgIpc) is 2.51. The first-order chi connectivity index (χ1) is 6.86. The fourth-order valence-corrected chi connectivity index (χ4v) is 2.97. The Morgan fingerprint density at radius 2 is 2.27 bits per heavy atom. The van der Waals surface area contributed by atoms with E-state index in [-0.39, 0.29) is 0 Å². The number of hydrogen-bond donors (Lipinski definition) is 2. The summed E-state index contributed by atoms with van der Waals surface area (Å²) < 4.78 is 0.314. The molecule has 0 bridgehead atoms. The van der Waals surface area contributed by atoms with Crippen LogP contribution in [0.2, 0.25) is 0 Å². The molecular weight excluding hydrogens is 210 g/mol. The maximum absolute atomic E-state index is 10.9. The van der Waals surface area contributed by atoms with Gasteiger partial charge in [-0.05, 0) is 39.4 Å². The predicted molar refractivity (Wildman–Crippen MR) is 64.4 cm³/mol. The summed E-state index contributed by atoms with van der Waals surface area (Å²) in [5.74, 6) is 0.500. The lowest BCUT2D eigenvalue weighted by molar-refractivity contribution is -0.146. The highest BCUT2D eigenvalue weighted by Crippen LogP contribution is 2.37. The Labute approximate surface area is 96.0 Å². The first-order valence-corrected chi connectivity index (χ1v) is 6.42. The van der Waals surface area contributed by atoms with Crippen molar-refractivity contribution < 1.29 is 9.90 Å². The van der Waals surface area contributed by atoms with Gasteiger partial charge in [-0.1, -0.05) is 0 Å². The Bertz CT molecular complexity index is 235. The summed E-state index contributed by atoms with van der Waals surface area (Å²) >= 11 is 1.99. The minimum Gasteiger partial charge on any atom is -0.481 e. The Balaban J connectivity index is 2.29. The Hall–Kier alpha value is -0.220. The molecule has 1 fully saturated rings. The highest BCUT2D eigenvalue weighted by Gasteiger charge is 2.31. The quantitative estimate of drug-likeness (QED) is 0.759. The lowest BCUT2D eigenvalue weighted by Crippen LogP contribution is -2.41. The molecule has 1 rings (SSSR count). The number of carbonyl (C=O) groups is 1. The van der Waals surface area contributed by atoms with Gasteiger partial charge in [0.05, 0.1) is 5.41 Å². The molecular formula is C11H21NO2S. The van der Waals surface area contributed by atoms with E-state index in [0.717, 1.165) is 6.54 Å². The van der Waals surface area contributed by atoms with Gasteiger partial charge in [0.1, 0.15) is 0 Å². The highest BCUT2D eigenvalue weighted by molar-refractivity contribution is 8.00. The van der Waals surface area contributed by atoms with Gasteiger partial charge >= 0.3 is 5.97 Å². The van der Waals surface area contributed by atoms with Gasteiger partial charge in [-0.3, -0.25) is 4.79 Å². The van der Waals surface area contributed by atoms with Crippen LogP contribution in [0.5, 0.6) is 0 Å². The van der Waals surface area contributed by atoms with Crippen molar-refractivity contribution in [1.29, 1.82) is 0 Å². The second kappa shape index (κ2) is 4.74. The zero-order valence-electron chi connectivity index (χ0n) is 9.80. The maximum Gasteiger partial charge on any atom is 0.310 e. The van der Waals surface area contributed by atoms with Crippen LogP contribution in [-0.2, 0) is 4.79 Å². The molecule has 0 saturated carbocycles. The molecule has 1 unspecified atom stereocenters. The maximum atomic E-state index is 10.9. The van der Waals surface area contributed by atoms with E-state index >= 15 is 0 Å². The second-order valence-corrected chi connectivity index (χ2v) is 6.88. The van der Waals surface area contributed by atoms with E-state index in [1.165, 1.54) is 18.6 Å². The summed E-state index contributed by atoms with van der Waals surface area (Å²) in [6.45, 7) is 7.22. The van der Waals surface area contributed by atoms with E-state index < -0.39 is 11.4 Å². The van der Waals surface area contributed by atoms with Crippen molar-refractivity contribution in [3.63, 3.8) is 0 Å². The summed E-state index contributed by atoms with van der Waals surface area (Å²) in [5, 5.41) is 12.2. The van der Waals surface area contributed by atoms with Gasteiger partial charge < -0.3 is 10.4 Å². The first kappa shape index (κ1) is 12.8. The van der Waals surface area contributed by atoms with Crippen molar-refractivity contribution in [3.8, 4) is 0 Å². The summed E-state index contributed by atoms with van der Waals surface area (Å²) in [6, 6.07) is 0. The Morgan fingerprint density at radius 1 is 1.60 bits per heavy atom. The molecule has 0 aliphatic carbocycles. The molecule has 1 atom stereocenters. The molecule has 1 aliphatic rings. The summed E-state index contributed by atoms with van der Waals surface area (Å²) in [4.78, 5) is 10.9. The zero-order chi connectivity index (χ0) is 11.5. The zero-order valence-corrected chi connectivity index (χ0v) is 10.6. The third kappa shape index (κ3) is 3.68. The predicted octanol–water partition coefficient (Wildman–Crippen LogP) is 1.97. The number of hydrogen-bond acceptors (Lipinski definition) is 3. The van der Waals surface area contributed by atoms with Crippen molar-refractivity contribution in [2.24, 2.45) is 5.41 Å². The van der Waals surface area contributed by atoms with Gasteiger partial charge in [-0.25, -0.2) is 0 Å². The average molecular weight is 231 g/mol. The van der Waals surface area contributed by atoms with Crippen LogP contribution in [0.1, 0.15) is 33.6 Å². The van der Waals surface area contributed by atoms with Crippen LogP contribution in [0.25, 0.3) is 0 Å². The molecule has 1 heterocycles. The normalized spacial score (nSPS) is 26.9. The Morgan fingerprint density at radius 3 is 2.73 bits per heavy atom. The van der Waals surface area contributed by atoms with E-state index in [1.54, 1.807) is 13.8 Å². The summed E-state index contributed by atoms with van der Waals surface area (Å²) in [6.07, 6.45) is 2.52. The van der Waals surface area contributed by atoms with E-state index in [1.807, 2.05) is 11.8 Å². The molecule has 15 heavy (non-hydrogen) atoms. The van der Waals surface area contributed by atoms with Crippen LogP contribution in [0.4, 0.5) is 0 Å². The summed E-state index contributed by atoms with van der Waals surface area (Å²) in [5.41, 5.74) is -0.667. The number of nitrogens with one attached hydrogen (secondary N) is 1. The third-order valence-electron chi connectivity index (χ3n) is 2.95. The number of carboxylic acid groups (broad SMARTS) is 1. The van der Waals surface area contributed by atoms with E-state index in [9.17, 15) is 4.79 Å². The Kier molecular flexibility index (Phi) is 4.06. The largest absolute Gasteiger partial charge is 0.481 e. The number of rotatable bonds is 5. The number of carboxylic acids is 1. The molecule has 0 spiro atoms. The first-order valence-electron chi connectivity index (χ1n) is 5.44. The molecule has 3 nitrogen and oxygen atoms in total. The number of aliphatic carboxylic acids is 1. The van der Waals surface area contributed by atoms with Crippen LogP contribution < -0.4 is 5.32 Å². The highest BCUT2D eigenvalue weighted by atomic mass is 32.2. The second-order valence-electron chi connectivity index (χ2n) is 5.19. The smallest absolute Gasteiger partial charge is 0.310 e. The van der Waals surface area contributed by atoms with Crippen LogP contribution >= 0.6 is 11.8 Å². The van der Waals surface area contributed by atoms with Crippen LogP contribution in [-0.4, -0.2) is 34.7 Å². The van der Waals surface area contributed by atoms with Gasteiger partial charge in [0.25, 0.3) is 0 Å². The molecule has 0 amide bonds. The van der Waals surface area contributed by atoms with Crippen molar-refractivity contribution in [2.45, 2.75) is 38.4 Å². The van der Waals surface area contributed by atoms with Gasteiger partial charge in [0, 0.05) is 17.8 Å². The van der Waals surface area contributed by atoms with Crippen molar-refractivity contribution in [2.75, 3.05) is 18.8 Å². The molecule has 1 saturated heterocycles. The van der Waals surface area contributed by atoms with Crippen LogP contribution in [0, 0.1) is 5.41 Å². The van der Waals surface area contributed by atoms with Gasteiger partial charge in [-0.2, -0.15) is 11.8 Å². The minimum atomic E-state index is -0.737. The molecule has 2 N–H and O–H groups in total. The minimum absolute atomic E-state index is 0.314. The monoisotopic (exact) mass is 231 g/mol. The molecule has 0 aromatic carbocycles. The van der Waals surface area contributed by atoms with Crippen molar-refractivity contribution in [3.05, 3.63) is 0 Å². The van der Waals surface area contributed by atoms with E-state index in [2.05, 4.69) is 12.2 Å². The van der Waals surface area contributed by atoms with Gasteiger partial charge in [0.15, 0.2) is 0 Å². The third-order valence-corrected chi connectivity index (χ3v) is 4.48. The van der Waals surface area contributed by atoms with Crippen molar-refractivity contribution in [1.82, 2.24) is 5.32 Å². The number of thioether (sulfide) groups is 1. The van der Waals surface area contributed by atoms with Gasteiger partial charge in [-0.15, -0.1) is 0 Å². The van der Waals surface area contributed by atoms with Crippen molar-refractivity contribution >= 4 is 17.7 Å². The standard InChI is InChI=1S/C11H21NO2S/c1-10(2,9(13)14)7-12-8-11(3)5-4-6-15-11/h12H,4-8H2,1-3H3,(H,13,14). The van der Waals surface area contributed by atoms with E-state index in [0.29, 0.717) is 11.3 Å². The van der Waals surface area contributed by atoms with Crippen LogP contribution in [0.3, 0.4) is 0 Å². The molecule has 0 radical (unpaired) electrons. The molecule has 88 valence electrons. The molecule has 1 aliphatic heterocycles. The summed E-state index contributed by atoms with van der Waals surface area (Å²) in [7, 11) is 0. The lowest BCUT2D eigenvalue weighted by Gasteiger charge is -2.26. The topological polar surface area (TPSA) is 49.3 Å². The lowest BCUT2D eigenvalue weighted by atomic mass is 9.93. The van der Waals surface area contributed by atoms with Crippen LogP contribution in [0.15, 0.2) is 0 Å². The molecule has 0 aromatic heterocycles. The fraction of sp³-hybridized carbons (Fsp3) is 0.909. The fourth-order valence-electron chi connectivity index (χ4n) is 1.69.